The van der Waals surface area contributed by atoms with Crippen LogP contribution in [0.3, 0.4) is 0 Å². The number of nitrogens with one attached hydrogen (secondary N) is 2. The average molecular weight is 376 g/mol. The third-order valence-corrected chi connectivity index (χ3v) is 5.31. The van der Waals surface area contributed by atoms with Crippen molar-refractivity contribution in [1.82, 2.24) is 4.72 Å². The molecule has 0 aliphatic carbocycles. The number of para-hydroxylation sites is 1. The number of amides is 1. The van der Waals surface area contributed by atoms with E-state index >= 15 is 0 Å². The van der Waals surface area contributed by atoms with Gasteiger partial charge in [-0.2, -0.15) is 0 Å². The Hall–Kier alpha value is -2.51. The highest BCUT2D eigenvalue weighted by Crippen LogP contribution is 2.23. The maximum atomic E-state index is 14.2. The summed E-state index contributed by atoms with van der Waals surface area (Å²) in [5, 5.41) is 2.70. The van der Waals surface area contributed by atoms with Gasteiger partial charge in [0, 0.05) is 12.2 Å². The van der Waals surface area contributed by atoms with Crippen LogP contribution in [0.25, 0.3) is 0 Å². The molecule has 0 saturated carbocycles. The van der Waals surface area contributed by atoms with Crippen LogP contribution < -0.4 is 10.0 Å². The molecule has 0 aromatic heterocycles. The number of carbonyl (C=O) groups excluding carboxylic acids is 1. The maximum absolute atomic E-state index is 14.2. The summed E-state index contributed by atoms with van der Waals surface area (Å²) in [5.41, 5.74) is 2.03. The molecule has 0 aliphatic rings. The zero-order chi connectivity index (χ0) is 19.3. The zero-order valence-corrected chi connectivity index (χ0v) is 15.5. The Balaban J connectivity index is 2.38. The first-order valence-corrected chi connectivity index (χ1v) is 9.58. The fourth-order valence-electron chi connectivity index (χ4n) is 2.48. The highest BCUT2D eigenvalue weighted by atomic mass is 32.2. The Labute approximate surface area is 153 Å². The third-order valence-electron chi connectivity index (χ3n) is 3.89. The lowest BCUT2D eigenvalue weighted by molar-refractivity contribution is 0.102. The Morgan fingerprint density at radius 3 is 2.65 bits per heavy atom. The maximum Gasteiger partial charge on any atom is 0.258 e. The number of hydrogen-bond acceptors (Lipinski definition) is 3. The summed E-state index contributed by atoms with van der Waals surface area (Å²) in [7, 11) is -3.86. The molecule has 2 rings (SSSR count). The quantitative estimate of drug-likeness (QED) is 0.727. The van der Waals surface area contributed by atoms with E-state index < -0.39 is 21.7 Å². The van der Waals surface area contributed by atoms with Crippen molar-refractivity contribution in [3.05, 3.63) is 71.6 Å². The fourth-order valence-corrected chi connectivity index (χ4v) is 3.50. The van der Waals surface area contributed by atoms with Crippen LogP contribution in [0, 0.1) is 12.7 Å². The van der Waals surface area contributed by atoms with Crippen LogP contribution in [0.4, 0.5) is 10.1 Å². The summed E-state index contributed by atoms with van der Waals surface area (Å²) in [6, 6.07) is 8.70. The molecule has 0 fully saturated rings. The van der Waals surface area contributed by atoms with Gasteiger partial charge in [-0.25, -0.2) is 17.5 Å². The van der Waals surface area contributed by atoms with Crippen molar-refractivity contribution in [3.63, 3.8) is 0 Å². The van der Waals surface area contributed by atoms with Crippen LogP contribution in [0.1, 0.15) is 28.4 Å². The Morgan fingerprint density at radius 2 is 2.00 bits per heavy atom. The molecule has 0 atom stereocenters. The molecule has 5 nitrogen and oxygen atoms in total. The minimum Gasteiger partial charge on any atom is -0.321 e. The van der Waals surface area contributed by atoms with Gasteiger partial charge in [-0.05, 0) is 42.7 Å². The second kappa shape index (κ2) is 8.25. The van der Waals surface area contributed by atoms with Crippen molar-refractivity contribution in [3.8, 4) is 0 Å². The van der Waals surface area contributed by atoms with Gasteiger partial charge in [-0.1, -0.05) is 31.2 Å². The number of hydrogen-bond donors (Lipinski definition) is 2. The number of rotatable bonds is 7. The van der Waals surface area contributed by atoms with Crippen molar-refractivity contribution in [2.75, 3.05) is 11.9 Å². The molecule has 0 saturated heterocycles. The molecular formula is C19H21FN2O3S. The second-order valence-corrected chi connectivity index (χ2v) is 7.47. The molecule has 0 radical (unpaired) electrons. The SMILES string of the molecule is C=CCNS(=O)(=O)c1ccc(F)c(C(=O)Nc2c(C)cccc2CC)c1. The minimum absolute atomic E-state index is 0.0321. The van der Waals surface area contributed by atoms with Crippen molar-refractivity contribution in [1.29, 1.82) is 0 Å². The van der Waals surface area contributed by atoms with Crippen molar-refractivity contribution in [2.45, 2.75) is 25.2 Å². The zero-order valence-electron chi connectivity index (χ0n) is 14.7. The molecule has 2 N–H and O–H groups in total. The molecule has 0 heterocycles. The number of sulfonamides is 1. The van der Waals surface area contributed by atoms with Crippen molar-refractivity contribution >= 4 is 21.6 Å². The van der Waals surface area contributed by atoms with Crippen LogP contribution in [0.15, 0.2) is 53.9 Å². The molecular weight excluding hydrogens is 355 g/mol. The first-order valence-electron chi connectivity index (χ1n) is 8.10. The van der Waals surface area contributed by atoms with E-state index in [1.165, 1.54) is 6.08 Å². The number of carbonyl (C=O) groups is 1. The van der Waals surface area contributed by atoms with Gasteiger partial charge in [0.1, 0.15) is 5.82 Å². The number of halogens is 1. The Bertz CT molecular complexity index is 940. The fraction of sp³-hybridized carbons (Fsp3) is 0.211. The van der Waals surface area contributed by atoms with Gasteiger partial charge < -0.3 is 5.32 Å². The molecule has 0 bridgehead atoms. The van der Waals surface area contributed by atoms with Crippen LogP contribution in [-0.2, 0) is 16.4 Å². The lowest BCUT2D eigenvalue weighted by Crippen LogP contribution is -2.24. The van der Waals surface area contributed by atoms with E-state index in [2.05, 4.69) is 16.6 Å². The second-order valence-electron chi connectivity index (χ2n) is 5.70. The minimum atomic E-state index is -3.86. The molecule has 0 unspecified atom stereocenters. The predicted octanol–water partition coefficient (Wildman–Crippen LogP) is 3.41. The summed E-state index contributed by atoms with van der Waals surface area (Å²) in [4.78, 5) is 12.4. The van der Waals surface area contributed by atoms with Crippen molar-refractivity contribution in [2.24, 2.45) is 0 Å². The molecule has 26 heavy (non-hydrogen) atoms. The highest BCUT2D eigenvalue weighted by molar-refractivity contribution is 7.89. The lowest BCUT2D eigenvalue weighted by Gasteiger charge is -2.14. The Kier molecular flexibility index (Phi) is 6.28. The lowest BCUT2D eigenvalue weighted by atomic mass is 10.1. The van der Waals surface area contributed by atoms with Crippen LogP contribution in [0.5, 0.6) is 0 Å². The molecule has 2 aromatic carbocycles. The summed E-state index contributed by atoms with van der Waals surface area (Å²) >= 11 is 0. The van der Waals surface area contributed by atoms with E-state index in [1.807, 2.05) is 32.0 Å². The molecule has 7 heteroatoms. The molecule has 138 valence electrons. The molecule has 2 aromatic rings. The van der Waals surface area contributed by atoms with Gasteiger partial charge in [0.05, 0.1) is 10.5 Å². The van der Waals surface area contributed by atoms with Crippen LogP contribution in [-0.4, -0.2) is 20.9 Å². The van der Waals surface area contributed by atoms with E-state index in [0.717, 1.165) is 29.3 Å². The van der Waals surface area contributed by atoms with Gasteiger partial charge in [-0.15, -0.1) is 6.58 Å². The average Bonchev–Trinajstić information content (AvgIpc) is 2.61. The van der Waals surface area contributed by atoms with E-state index in [4.69, 9.17) is 0 Å². The highest BCUT2D eigenvalue weighted by Gasteiger charge is 2.20. The number of aryl methyl sites for hydroxylation is 2. The van der Waals surface area contributed by atoms with Gasteiger partial charge in [0.2, 0.25) is 10.0 Å². The first kappa shape index (κ1) is 19.8. The molecule has 0 aliphatic heterocycles. The van der Waals surface area contributed by atoms with Crippen LogP contribution >= 0.6 is 0 Å². The van der Waals surface area contributed by atoms with Gasteiger partial charge in [0.15, 0.2) is 0 Å². The number of anilines is 1. The third kappa shape index (κ3) is 4.36. The molecule has 1 amide bonds. The van der Waals surface area contributed by atoms with Gasteiger partial charge in [0.25, 0.3) is 5.91 Å². The van der Waals surface area contributed by atoms with Gasteiger partial charge >= 0.3 is 0 Å². The smallest absolute Gasteiger partial charge is 0.258 e. The van der Waals surface area contributed by atoms with E-state index in [0.29, 0.717) is 12.1 Å². The number of benzene rings is 2. The first-order chi connectivity index (χ1) is 12.3. The monoisotopic (exact) mass is 376 g/mol. The van der Waals surface area contributed by atoms with Gasteiger partial charge in [-0.3, -0.25) is 4.79 Å². The normalized spacial score (nSPS) is 11.2. The summed E-state index contributed by atoms with van der Waals surface area (Å²) < 4.78 is 40.8. The standard InChI is InChI=1S/C19H21FN2O3S/c1-4-11-21-26(24,25)15-9-10-17(20)16(12-15)19(23)22-18-13(3)7-6-8-14(18)5-2/h4,6-10,12,21H,1,5,11H2,2-3H3,(H,22,23). The summed E-state index contributed by atoms with van der Waals surface area (Å²) in [6.07, 6.45) is 2.08. The van der Waals surface area contributed by atoms with Crippen LogP contribution in [0.2, 0.25) is 0 Å². The van der Waals surface area contributed by atoms with E-state index in [9.17, 15) is 17.6 Å². The topological polar surface area (TPSA) is 75.3 Å². The van der Waals surface area contributed by atoms with E-state index in [-0.39, 0.29) is 17.0 Å². The summed E-state index contributed by atoms with van der Waals surface area (Å²) in [5.74, 6) is -1.50. The van der Waals surface area contributed by atoms with Crippen molar-refractivity contribution < 1.29 is 17.6 Å². The largest absolute Gasteiger partial charge is 0.321 e. The molecule has 0 spiro atoms. The summed E-state index contributed by atoms with van der Waals surface area (Å²) in [6.45, 7) is 7.26. The Morgan fingerprint density at radius 1 is 1.27 bits per heavy atom. The predicted molar refractivity (Wildman–Crippen MR) is 100 cm³/mol. The van der Waals surface area contributed by atoms with E-state index in [1.54, 1.807) is 0 Å².